The van der Waals surface area contributed by atoms with Gasteiger partial charge in [0.1, 0.15) is 5.69 Å². The average molecular weight is 331 g/mol. The molecule has 7 nitrogen and oxygen atoms in total. The molecule has 9 heteroatoms. The van der Waals surface area contributed by atoms with Gasteiger partial charge < -0.3 is 10.3 Å². The van der Waals surface area contributed by atoms with Gasteiger partial charge in [-0.1, -0.05) is 11.6 Å². The highest BCUT2D eigenvalue weighted by molar-refractivity contribution is 7.99. The highest BCUT2D eigenvalue weighted by Crippen LogP contribution is 2.33. The molecule has 3 N–H and O–H groups in total. The molecule has 1 aromatic rings. The van der Waals surface area contributed by atoms with Gasteiger partial charge in [0.05, 0.1) is 9.95 Å². The van der Waals surface area contributed by atoms with Crippen molar-refractivity contribution >= 4 is 40.6 Å². The molecule has 114 valence electrons. The van der Waals surface area contributed by atoms with E-state index in [0.717, 1.165) is 11.5 Å². The van der Waals surface area contributed by atoms with Gasteiger partial charge in [0.25, 0.3) is 11.6 Å². The van der Waals surface area contributed by atoms with E-state index in [1.165, 1.54) is 12.1 Å². The molecule has 1 aliphatic heterocycles. The number of hydrazine groups is 1. The van der Waals surface area contributed by atoms with Crippen LogP contribution in [0.4, 0.5) is 11.4 Å². The van der Waals surface area contributed by atoms with E-state index < -0.39 is 4.92 Å². The molecule has 1 saturated heterocycles. The third-order valence-electron chi connectivity index (χ3n) is 3.29. The van der Waals surface area contributed by atoms with Gasteiger partial charge in [0, 0.05) is 35.7 Å². The Morgan fingerprint density at radius 2 is 2.33 bits per heavy atom. The zero-order chi connectivity index (χ0) is 15.6. The summed E-state index contributed by atoms with van der Waals surface area (Å²) in [5, 5.41) is 11.1. The van der Waals surface area contributed by atoms with E-state index in [1.807, 2.05) is 6.92 Å². The van der Waals surface area contributed by atoms with Crippen molar-refractivity contribution < 1.29 is 9.72 Å². The SMILES string of the molecule is CC1CSCCN1C(=O)c1cc(Cl)c(NN)c([N+](=O)[O-])c1. The van der Waals surface area contributed by atoms with Crippen molar-refractivity contribution in [3.8, 4) is 0 Å². The molecule has 0 saturated carbocycles. The highest BCUT2D eigenvalue weighted by atomic mass is 35.5. The third-order valence-corrected chi connectivity index (χ3v) is 4.77. The average Bonchev–Trinajstić information content (AvgIpc) is 2.46. The van der Waals surface area contributed by atoms with Gasteiger partial charge in [-0.2, -0.15) is 11.8 Å². The normalized spacial score (nSPS) is 18.4. The second-order valence-electron chi connectivity index (χ2n) is 4.68. The predicted octanol–water partition coefficient (Wildman–Crippen LogP) is 2.11. The summed E-state index contributed by atoms with van der Waals surface area (Å²) in [6, 6.07) is 2.69. The van der Waals surface area contributed by atoms with Gasteiger partial charge in [-0.15, -0.1) is 0 Å². The van der Waals surface area contributed by atoms with E-state index in [2.05, 4.69) is 5.43 Å². The number of hydrogen-bond acceptors (Lipinski definition) is 6. The molecule has 0 aliphatic carbocycles. The Balaban J connectivity index is 2.39. The summed E-state index contributed by atoms with van der Waals surface area (Å²) in [5.41, 5.74) is 2.08. The van der Waals surface area contributed by atoms with Gasteiger partial charge in [0.2, 0.25) is 0 Å². The van der Waals surface area contributed by atoms with Crippen molar-refractivity contribution in [2.75, 3.05) is 23.5 Å². The standard InChI is InChI=1S/C12H15ClN4O3S/c1-7-6-21-3-2-16(7)12(18)8-4-9(13)11(15-14)10(5-8)17(19)20/h4-5,7,15H,2-3,6,14H2,1H3. The lowest BCUT2D eigenvalue weighted by molar-refractivity contribution is -0.384. The van der Waals surface area contributed by atoms with E-state index in [-0.39, 0.29) is 33.9 Å². The van der Waals surface area contributed by atoms with E-state index in [0.29, 0.717) is 6.54 Å². The fourth-order valence-corrected chi connectivity index (χ4v) is 3.48. The number of benzene rings is 1. The number of nitro benzene ring substituents is 1. The highest BCUT2D eigenvalue weighted by Gasteiger charge is 2.27. The molecule has 1 fully saturated rings. The zero-order valence-corrected chi connectivity index (χ0v) is 12.9. The summed E-state index contributed by atoms with van der Waals surface area (Å²) >= 11 is 7.76. The first-order valence-electron chi connectivity index (χ1n) is 6.29. The number of nitrogens with two attached hydrogens (primary N) is 1. The van der Waals surface area contributed by atoms with E-state index in [4.69, 9.17) is 17.4 Å². The maximum atomic E-state index is 12.5. The minimum Gasteiger partial charge on any atom is -0.334 e. The molecule has 0 radical (unpaired) electrons. The molecule has 1 unspecified atom stereocenters. The number of anilines is 1. The number of carbonyl (C=O) groups excluding carboxylic acids is 1. The molecule has 2 rings (SSSR count). The van der Waals surface area contributed by atoms with Crippen molar-refractivity contribution in [3.63, 3.8) is 0 Å². The second kappa shape index (κ2) is 6.50. The van der Waals surface area contributed by atoms with Crippen molar-refractivity contribution in [1.82, 2.24) is 4.90 Å². The number of nitro groups is 1. The van der Waals surface area contributed by atoms with E-state index >= 15 is 0 Å². The Morgan fingerprint density at radius 1 is 1.62 bits per heavy atom. The number of amides is 1. The third kappa shape index (κ3) is 3.22. The molecule has 1 aromatic carbocycles. The van der Waals surface area contributed by atoms with Crippen LogP contribution < -0.4 is 11.3 Å². The van der Waals surface area contributed by atoms with Crippen LogP contribution in [-0.4, -0.2) is 39.8 Å². The largest absolute Gasteiger partial charge is 0.334 e. The van der Waals surface area contributed by atoms with Crippen molar-refractivity contribution in [2.24, 2.45) is 5.84 Å². The van der Waals surface area contributed by atoms with Gasteiger partial charge >= 0.3 is 0 Å². The number of nitrogens with one attached hydrogen (secondary N) is 1. The van der Waals surface area contributed by atoms with Crippen LogP contribution in [0.1, 0.15) is 17.3 Å². The van der Waals surface area contributed by atoms with Crippen LogP contribution in [0.2, 0.25) is 5.02 Å². The number of thioether (sulfide) groups is 1. The Morgan fingerprint density at radius 3 is 2.90 bits per heavy atom. The monoisotopic (exact) mass is 330 g/mol. The van der Waals surface area contributed by atoms with E-state index in [1.54, 1.807) is 16.7 Å². The lowest BCUT2D eigenvalue weighted by atomic mass is 10.1. The van der Waals surface area contributed by atoms with Crippen LogP contribution >= 0.6 is 23.4 Å². The molecule has 0 aromatic heterocycles. The lowest BCUT2D eigenvalue weighted by Crippen LogP contribution is -2.44. The fraction of sp³-hybridized carbons (Fsp3) is 0.417. The first kappa shape index (κ1) is 15.9. The van der Waals surface area contributed by atoms with Crippen molar-refractivity contribution in [2.45, 2.75) is 13.0 Å². The number of hydrogen-bond donors (Lipinski definition) is 2. The summed E-state index contributed by atoms with van der Waals surface area (Å²) in [5.74, 6) is 6.70. The van der Waals surface area contributed by atoms with Crippen LogP contribution in [0, 0.1) is 10.1 Å². The minimum absolute atomic E-state index is 0.000430. The van der Waals surface area contributed by atoms with Gasteiger partial charge in [-0.05, 0) is 13.0 Å². The summed E-state index contributed by atoms with van der Waals surface area (Å²) in [6.07, 6.45) is 0. The fourth-order valence-electron chi connectivity index (χ4n) is 2.20. The summed E-state index contributed by atoms with van der Waals surface area (Å²) in [7, 11) is 0. The first-order chi connectivity index (χ1) is 9.95. The molecular formula is C12H15ClN4O3S. The topological polar surface area (TPSA) is 102 Å². The molecule has 0 spiro atoms. The molecule has 1 amide bonds. The Hall–Kier alpha value is -1.51. The number of carbonyl (C=O) groups is 1. The van der Waals surface area contributed by atoms with Crippen molar-refractivity contribution in [3.05, 3.63) is 32.8 Å². The van der Waals surface area contributed by atoms with Gasteiger partial charge in [-0.3, -0.25) is 20.8 Å². The maximum Gasteiger partial charge on any atom is 0.295 e. The molecule has 1 heterocycles. The lowest BCUT2D eigenvalue weighted by Gasteiger charge is -2.33. The van der Waals surface area contributed by atoms with Crippen LogP contribution in [0.5, 0.6) is 0 Å². The van der Waals surface area contributed by atoms with Crippen molar-refractivity contribution in [1.29, 1.82) is 0 Å². The first-order valence-corrected chi connectivity index (χ1v) is 7.82. The number of rotatable bonds is 3. The number of nitrogen functional groups attached to an aromatic ring is 1. The van der Waals surface area contributed by atoms with Crippen LogP contribution in [0.25, 0.3) is 0 Å². The minimum atomic E-state index is -0.618. The molecule has 21 heavy (non-hydrogen) atoms. The van der Waals surface area contributed by atoms with Crippen LogP contribution in [0.15, 0.2) is 12.1 Å². The zero-order valence-electron chi connectivity index (χ0n) is 11.3. The Kier molecular flexibility index (Phi) is 4.92. The second-order valence-corrected chi connectivity index (χ2v) is 6.23. The van der Waals surface area contributed by atoms with Gasteiger partial charge in [0.15, 0.2) is 0 Å². The molecular weight excluding hydrogens is 316 g/mol. The Labute approximate surface area is 130 Å². The predicted molar refractivity (Wildman–Crippen MR) is 83.7 cm³/mol. The summed E-state index contributed by atoms with van der Waals surface area (Å²) in [6.45, 7) is 2.57. The Bertz CT molecular complexity index is 584. The van der Waals surface area contributed by atoms with Crippen LogP contribution in [0.3, 0.4) is 0 Å². The molecule has 1 aliphatic rings. The smallest absolute Gasteiger partial charge is 0.295 e. The van der Waals surface area contributed by atoms with E-state index in [9.17, 15) is 14.9 Å². The van der Waals surface area contributed by atoms with Gasteiger partial charge in [-0.25, -0.2) is 0 Å². The summed E-state index contributed by atoms with van der Waals surface area (Å²) in [4.78, 5) is 24.7. The quantitative estimate of drug-likeness (QED) is 0.500. The number of nitrogens with zero attached hydrogens (tertiary/aromatic N) is 2. The molecule has 0 bridgehead atoms. The molecule has 1 atom stereocenters. The van der Waals surface area contributed by atoms with Crippen LogP contribution in [-0.2, 0) is 0 Å². The summed E-state index contributed by atoms with van der Waals surface area (Å²) < 4.78 is 0. The maximum absolute atomic E-state index is 12.5. The number of halogens is 1.